The van der Waals surface area contributed by atoms with Gasteiger partial charge in [-0.15, -0.1) is 0 Å². The van der Waals surface area contributed by atoms with Gasteiger partial charge in [-0.05, 0) is 45.1 Å². The van der Waals surface area contributed by atoms with Crippen LogP contribution in [0.4, 0.5) is 5.82 Å². The number of rotatable bonds is 7. The zero-order valence-corrected chi connectivity index (χ0v) is 12.4. The molecule has 0 atom stereocenters. The first-order chi connectivity index (χ1) is 9.15. The molecule has 0 aliphatic carbocycles. The Kier molecular flexibility index (Phi) is 7.32. The Morgan fingerprint density at radius 3 is 2.58 bits per heavy atom. The molecule has 106 valence electrons. The molecular formula is C13H21N3O2S. The summed E-state index contributed by atoms with van der Waals surface area (Å²) >= 11 is 5.19. The summed E-state index contributed by atoms with van der Waals surface area (Å²) in [6.07, 6.45) is -0.291. The predicted molar refractivity (Wildman–Crippen MR) is 80.2 cm³/mol. The smallest absolute Gasteiger partial charge is 0.174 e. The molecule has 1 aromatic heterocycles. The maximum Gasteiger partial charge on any atom is 0.174 e. The topological polar surface area (TPSA) is 55.4 Å². The molecule has 0 unspecified atom stereocenters. The van der Waals surface area contributed by atoms with Crippen molar-refractivity contribution in [2.45, 2.75) is 27.1 Å². The number of anilines is 1. The summed E-state index contributed by atoms with van der Waals surface area (Å²) in [6, 6.07) is 5.72. The molecule has 0 saturated carbocycles. The van der Waals surface area contributed by atoms with Crippen molar-refractivity contribution in [2.24, 2.45) is 0 Å². The van der Waals surface area contributed by atoms with E-state index in [4.69, 9.17) is 21.7 Å². The van der Waals surface area contributed by atoms with Gasteiger partial charge in [-0.3, -0.25) is 0 Å². The SMILES string of the molecule is CCOC(CNC(=S)Nc1cccc(C)n1)OCC. The highest BCUT2D eigenvalue weighted by Gasteiger charge is 2.08. The number of pyridine rings is 1. The van der Waals surface area contributed by atoms with E-state index in [9.17, 15) is 0 Å². The molecule has 1 rings (SSSR count). The molecule has 0 aliphatic heterocycles. The maximum atomic E-state index is 5.41. The number of aromatic nitrogens is 1. The van der Waals surface area contributed by atoms with Gasteiger partial charge < -0.3 is 20.1 Å². The van der Waals surface area contributed by atoms with Crippen LogP contribution in [-0.4, -0.2) is 36.1 Å². The molecule has 6 heteroatoms. The monoisotopic (exact) mass is 283 g/mol. The van der Waals surface area contributed by atoms with Crippen molar-refractivity contribution in [1.82, 2.24) is 10.3 Å². The van der Waals surface area contributed by atoms with Crippen LogP contribution < -0.4 is 10.6 Å². The van der Waals surface area contributed by atoms with E-state index in [0.717, 1.165) is 11.5 Å². The molecule has 0 radical (unpaired) electrons. The lowest BCUT2D eigenvalue weighted by atomic mass is 10.4. The van der Waals surface area contributed by atoms with Gasteiger partial charge in [0.25, 0.3) is 0 Å². The molecule has 5 nitrogen and oxygen atoms in total. The van der Waals surface area contributed by atoms with Crippen LogP contribution in [0.25, 0.3) is 0 Å². The molecule has 0 fully saturated rings. The van der Waals surface area contributed by atoms with Gasteiger partial charge in [0, 0.05) is 18.9 Å². The summed E-state index contributed by atoms with van der Waals surface area (Å²) in [5.74, 6) is 0.724. The van der Waals surface area contributed by atoms with E-state index >= 15 is 0 Å². The van der Waals surface area contributed by atoms with Crippen molar-refractivity contribution in [3.63, 3.8) is 0 Å². The largest absolute Gasteiger partial charge is 0.357 e. The van der Waals surface area contributed by atoms with Crippen molar-refractivity contribution >= 4 is 23.1 Å². The second-order valence-corrected chi connectivity index (χ2v) is 4.25. The standard InChI is InChI=1S/C13H21N3O2S/c1-4-17-12(18-5-2)9-14-13(19)16-11-8-6-7-10(3)15-11/h6-8,12H,4-5,9H2,1-3H3,(H2,14,15,16,19). The lowest BCUT2D eigenvalue weighted by molar-refractivity contribution is -0.130. The molecule has 1 aromatic rings. The number of nitrogens with zero attached hydrogens (tertiary/aromatic N) is 1. The highest BCUT2D eigenvalue weighted by atomic mass is 32.1. The fraction of sp³-hybridized carbons (Fsp3) is 0.538. The van der Waals surface area contributed by atoms with E-state index < -0.39 is 0 Å². The molecule has 0 saturated heterocycles. The third-order valence-corrected chi connectivity index (χ3v) is 2.51. The zero-order chi connectivity index (χ0) is 14.1. The fourth-order valence-corrected chi connectivity index (χ4v) is 1.67. The van der Waals surface area contributed by atoms with Gasteiger partial charge in [0.2, 0.25) is 0 Å². The van der Waals surface area contributed by atoms with E-state index in [1.807, 2.05) is 39.0 Å². The van der Waals surface area contributed by atoms with Crippen LogP contribution in [0.15, 0.2) is 18.2 Å². The third kappa shape index (κ3) is 6.47. The van der Waals surface area contributed by atoms with E-state index in [0.29, 0.717) is 24.9 Å². The Balaban J connectivity index is 2.38. The van der Waals surface area contributed by atoms with Gasteiger partial charge >= 0.3 is 0 Å². The minimum Gasteiger partial charge on any atom is -0.357 e. The third-order valence-electron chi connectivity index (χ3n) is 2.26. The predicted octanol–water partition coefficient (Wildman–Crippen LogP) is 2.08. The highest BCUT2D eigenvalue weighted by Crippen LogP contribution is 2.03. The fourth-order valence-electron chi connectivity index (χ4n) is 1.49. The molecule has 1 heterocycles. The van der Waals surface area contributed by atoms with E-state index in [2.05, 4.69) is 15.6 Å². The first-order valence-electron chi connectivity index (χ1n) is 6.37. The Morgan fingerprint density at radius 2 is 2.00 bits per heavy atom. The van der Waals surface area contributed by atoms with E-state index in [-0.39, 0.29) is 6.29 Å². The molecule has 0 spiro atoms. The van der Waals surface area contributed by atoms with Gasteiger partial charge in [-0.2, -0.15) is 0 Å². The molecular weight excluding hydrogens is 262 g/mol. The second-order valence-electron chi connectivity index (χ2n) is 3.84. The van der Waals surface area contributed by atoms with Gasteiger partial charge in [-0.1, -0.05) is 6.07 Å². The number of ether oxygens (including phenoxy) is 2. The maximum absolute atomic E-state index is 5.41. The number of nitrogens with one attached hydrogen (secondary N) is 2. The van der Waals surface area contributed by atoms with Gasteiger partial charge in [-0.25, -0.2) is 4.98 Å². The minimum atomic E-state index is -0.291. The Labute approximate surface area is 119 Å². The van der Waals surface area contributed by atoms with Crippen molar-refractivity contribution in [2.75, 3.05) is 25.1 Å². The molecule has 0 aromatic carbocycles. The Bertz CT molecular complexity index is 395. The lowest BCUT2D eigenvalue weighted by Crippen LogP contribution is -2.37. The summed E-state index contributed by atoms with van der Waals surface area (Å²) in [6.45, 7) is 7.50. The number of thiocarbonyl (C=S) groups is 1. The summed E-state index contributed by atoms with van der Waals surface area (Å²) in [5.41, 5.74) is 0.939. The first-order valence-corrected chi connectivity index (χ1v) is 6.78. The van der Waals surface area contributed by atoms with Crippen LogP contribution in [0, 0.1) is 6.92 Å². The van der Waals surface area contributed by atoms with E-state index in [1.54, 1.807) is 0 Å². The summed E-state index contributed by atoms with van der Waals surface area (Å²) in [5, 5.41) is 6.57. The molecule has 0 aliphatic rings. The molecule has 0 bridgehead atoms. The average molecular weight is 283 g/mol. The van der Waals surface area contributed by atoms with Crippen molar-refractivity contribution in [1.29, 1.82) is 0 Å². The van der Waals surface area contributed by atoms with Crippen molar-refractivity contribution < 1.29 is 9.47 Å². The van der Waals surface area contributed by atoms with E-state index in [1.165, 1.54) is 0 Å². The summed E-state index contributed by atoms with van der Waals surface area (Å²) in [7, 11) is 0. The van der Waals surface area contributed by atoms with Crippen LogP contribution in [0.1, 0.15) is 19.5 Å². The first kappa shape index (κ1) is 15.8. The van der Waals surface area contributed by atoms with Crippen molar-refractivity contribution in [3.05, 3.63) is 23.9 Å². The summed E-state index contributed by atoms with van der Waals surface area (Å²) in [4.78, 5) is 4.31. The van der Waals surface area contributed by atoms with Crippen LogP contribution in [0.2, 0.25) is 0 Å². The number of hydrogen-bond donors (Lipinski definition) is 2. The number of aryl methyl sites for hydroxylation is 1. The highest BCUT2D eigenvalue weighted by molar-refractivity contribution is 7.80. The lowest BCUT2D eigenvalue weighted by Gasteiger charge is -2.18. The Morgan fingerprint density at radius 1 is 1.32 bits per heavy atom. The van der Waals surface area contributed by atoms with Crippen LogP contribution in [0.3, 0.4) is 0 Å². The van der Waals surface area contributed by atoms with Gasteiger partial charge in [0.05, 0.1) is 6.54 Å². The number of hydrogen-bond acceptors (Lipinski definition) is 4. The van der Waals surface area contributed by atoms with Gasteiger partial charge in [0.15, 0.2) is 11.4 Å². The van der Waals surface area contributed by atoms with Crippen LogP contribution in [-0.2, 0) is 9.47 Å². The molecule has 0 amide bonds. The minimum absolute atomic E-state index is 0.291. The molecule has 2 N–H and O–H groups in total. The quantitative estimate of drug-likeness (QED) is 0.590. The Hall–Kier alpha value is -1.24. The summed E-state index contributed by atoms with van der Waals surface area (Å²) < 4.78 is 10.8. The normalized spacial score (nSPS) is 10.5. The zero-order valence-electron chi connectivity index (χ0n) is 11.6. The second kappa shape index (κ2) is 8.79. The average Bonchev–Trinajstić information content (AvgIpc) is 2.36. The van der Waals surface area contributed by atoms with Crippen LogP contribution in [0.5, 0.6) is 0 Å². The van der Waals surface area contributed by atoms with Gasteiger partial charge in [0.1, 0.15) is 5.82 Å². The van der Waals surface area contributed by atoms with Crippen molar-refractivity contribution in [3.8, 4) is 0 Å². The molecule has 19 heavy (non-hydrogen) atoms. The van der Waals surface area contributed by atoms with Crippen LogP contribution >= 0.6 is 12.2 Å².